The molecular weight excluding hydrogens is 250 g/mol. The molecule has 1 fully saturated rings. The number of rotatable bonds is 6. The van der Waals surface area contributed by atoms with Gasteiger partial charge in [-0.1, -0.05) is 62.4 Å². The maximum Gasteiger partial charge on any atom is 0.306 e. The number of carbonyl (C=O) groups is 1. The van der Waals surface area contributed by atoms with Gasteiger partial charge >= 0.3 is 5.97 Å². The number of esters is 1. The van der Waals surface area contributed by atoms with Gasteiger partial charge in [0.05, 0.1) is 0 Å². The molecule has 1 aliphatic carbocycles. The highest BCUT2D eigenvalue weighted by Crippen LogP contribution is 2.31. The molecular formula is C17H25NO2. The number of ether oxygens (including phenoxy) is 1. The Morgan fingerprint density at radius 2 is 1.90 bits per heavy atom. The van der Waals surface area contributed by atoms with Crippen molar-refractivity contribution in [2.75, 3.05) is 6.54 Å². The van der Waals surface area contributed by atoms with Crippen molar-refractivity contribution in [1.29, 1.82) is 0 Å². The highest BCUT2D eigenvalue weighted by molar-refractivity contribution is 5.69. The minimum absolute atomic E-state index is 0.116. The molecule has 0 radical (unpaired) electrons. The molecule has 1 unspecified atom stereocenters. The topological polar surface area (TPSA) is 52.3 Å². The summed E-state index contributed by atoms with van der Waals surface area (Å²) < 4.78 is 5.36. The standard InChI is InChI=1S/C17H25NO2/c18-12-16(15-9-5-2-6-10-15)11-17(19)20-13-14-7-3-1-4-8-14/h1,3-4,7-8,15-16H,2,5-6,9-13,18H2. The zero-order chi connectivity index (χ0) is 14.2. The Balaban J connectivity index is 1.77. The SMILES string of the molecule is NCC(CC(=O)OCc1ccccc1)C1CCCCC1. The van der Waals surface area contributed by atoms with Crippen LogP contribution >= 0.6 is 0 Å². The fourth-order valence-corrected chi connectivity index (χ4v) is 3.06. The molecule has 0 amide bonds. The molecule has 2 rings (SSSR count). The summed E-state index contributed by atoms with van der Waals surface area (Å²) in [7, 11) is 0. The number of hydrogen-bond donors (Lipinski definition) is 1. The van der Waals surface area contributed by atoms with E-state index in [-0.39, 0.29) is 5.97 Å². The van der Waals surface area contributed by atoms with Gasteiger partial charge < -0.3 is 10.5 Å². The molecule has 1 aromatic rings. The van der Waals surface area contributed by atoms with Crippen molar-refractivity contribution < 1.29 is 9.53 Å². The zero-order valence-corrected chi connectivity index (χ0v) is 12.1. The van der Waals surface area contributed by atoms with Gasteiger partial charge in [-0.15, -0.1) is 0 Å². The van der Waals surface area contributed by atoms with Crippen molar-refractivity contribution in [3.63, 3.8) is 0 Å². The lowest BCUT2D eigenvalue weighted by Crippen LogP contribution is -2.28. The maximum atomic E-state index is 12.0. The first-order valence-corrected chi connectivity index (χ1v) is 7.69. The van der Waals surface area contributed by atoms with Crippen molar-refractivity contribution >= 4 is 5.97 Å². The summed E-state index contributed by atoms with van der Waals surface area (Å²) in [6.45, 7) is 0.951. The summed E-state index contributed by atoms with van der Waals surface area (Å²) in [5, 5.41) is 0. The molecule has 3 heteroatoms. The lowest BCUT2D eigenvalue weighted by atomic mass is 9.78. The summed E-state index contributed by atoms with van der Waals surface area (Å²) >= 11 is 0. The average molecular weight is 275 g/mol. The maximum absolute atomic E-state index is 12.0. The molecule has 0 saturated heterocycles. The Kier molecular flexibility index (Phi) is 6.06. The zero-order valence-electron chi connectivity index (χ0n) is 12.1. The predicted molar refractivity (Wildman–Crippen MR) is 80.0 cm³/mol. The molecule has 0 bridgehead atoms. The van der Waals surface area contributed by atoms with E-state index < -0.39 is 0 Å². The highest BCUT2D eigenvalue weighted by Gasteiger charge is 2.25. The molecule has 0 spiro atoms. The van der Waals surface area contributed by atoms with Gasteiger partial charge in [0, 0.05) is 6.42 Å². The third-order valence-corrected chi connectivity index (χ3v) is 4.29. The second kappa shape index (κ2) is 8.05. The number of carbonyl (C=O) groups excluding carboxylic acids is 1. The molecule has 0 heterocycles. The first-order chi connectivity index (χ1) is 9.79. The third-order valence-electron chi connectivity index (χ3n) is 4.29. The third kappa shape index (κ3) is 4.64. The number of benzene rings is 1. The van der Waals surface area contributed by atoms with Crippen molar-refractivity contribution in [3.8, 4) is 0 Å². The highest BCUT2D eigenvalue weighted by atomic mass is 16.5. The minimum Gasteiger partial charge on any atom is -0.461 e. The molecule has 1 atom stereocenters. The van der Waals surface area contributed by atoms with Crippen LogP contribution in [-0.2, 0) is 16.1 Å². The Labute approximate surface area is 121 Å². The first-order valence-electron chi connectivity index (χ1n) is 7.69. The molecule has 1 saturated carbocycles. The predicted octanol–water partition coefficient (Wildman–Crippen LogP) is 3.28. The molecule has 110 valence electrons. The van der Waals surface area contributed by atoms with Crippen LogP contribution in [0.15, 0.2) is 30.3 Å². The van der Waals surface area contributed by atoms with Gasteiger partial charge in [0.15, 0.2) is 0 Å². The van der Waals surface area contributed by atoms with Gasteiger partial charge in [-0.2, -0.15) is 0 Å². The van der Waals surface area contributed by atoms with Gasteiger partial charge in [-0.3, -0.25) is 4.79 Å². The van der Waals surface area contributed by atoms with Crippen LogP contribution in [0.2, 0.25) is 0 Å². The molecule has 0 aliphatic heterocycles. The Hall–Kier alpha value is -1.35. The molecule has 2 N–H and O–H groups in total. The summed E-state index contributed by atoms with van der Waals surface area (Å²) in [4.78, 5) is 12.0. The van der Waals surface area contributed by atoms with Gasteiger partial charge in [-0.25, -0.2) is 0 Å². The van der Waals surface area contributed by atoms with E-state index in [0.717, 1.165) is 5.56 Å². The van der Waals surface area contributed by atoms with Gasteiger partial charge in [-0.05, 0) is 23.9 Å². The minimum atomic E-state index is -0.116. The van der Waals surface area contributed by atoms with Crippen LogP contribution in [0.4, 0.5) is 0 Å². The van der Waals surface area contributed by atoms with Gasteiger partial charge in [0.1, 0.15) is 6.61 Å². The lowest BCUT2D eigenvalue weighted by molar-refractivity contribution is -0.146. The van der Waals surface area contributed by atoms with E-state index in [2.05, 4.69) is 0 Å². The molecule has 1 aliphatic rings. The summed E-state index contributed by atoms with van der Waals surface area (Å²) in [5.41, 5.74) is 6.88. The summed E-state index contributed by atoms with van der Waals surface area (Å²) in [6.07, 6.45) is 6.78. The van der Waals surface area contributed by atoms with Crippen LogP contribution in [0.25, 0.3) is 0 Å². The molecule has 0 aromatic heterocycles. The Bertz CT molecular complexity index is 399. The van der Waals surface area contributed by atoms with E-state index in [0.29, 0.717) is 31.4 Å². The van der Waals surface area contributed by atoms with Crippen LogP contribution in [0.3, 0.4) is 0 Å². The Morgan fingerprint density at radius 3 is 2.55 bits per heavy atom. The molecule has 20 heavy (non-hydrogen) atoms. The van der Waals surface area contributed by atoms with Crippen molar-refractivity contribution in [3.05, 3.63) is 35.9 Å². The van der Waals surface area contributed by atoms with Crippen LogP contribution < -0.4 is 5.73 Å². The average Bonchev–Trinajstić information content (AvgIpc) is 2.52. The van der Waals surface area contributed by atoms with Crippen LogP contribution in [0.1, 0.15) is 44.1 Å². The van der Waals surface area contributed by atoms with E-state index in [1.807, 2.05) is 30.3 Å². The van der Waals surface area contributed by atoms with E-state index in [4.69, 9.17) is 10.5 Å². The largest absolute Gasteiger partial charge is 0.461 e. The van der Waals surface area contributed by atoms with E-state index in [1.54, 1.807) is 0 Å². The quantitative estimate of drug-likeness (QED) is 0.811. The molecule has 1 aromatic carbocycles. The van der Waals surface area contributed by atoms with E-state index in [1.165, 1.54) is 32.1 Å². The van der Waals surface area contributed by atoms with Gasteiger partial charge in [0.25, 0.3) is 0 Å². The van der Waals surface area contributed by atoms with Crippen LogP contribution in [0.5, 0.6) is 0 Å². The fraction of sp³-hybridized carbons (Fsp3) is 0.588. The monoisotopic (exact) mass is 275 g/mol. The fourth-order valence-electron chi connectivity index (χ4n) is 3.06. The van der Waals surface area contributed by atoms with Crippen molar-refractivity contribution in [1.82, 2.24) is 0 Å². The van der Waals surface area contributed by atoms with E-state index in [9.17, 15) is 4.79 Å². The lowest BCUT2D eigenvalue weighted by Gasteiger charge is -2.28. The number of hydrogen-bond acceptors (Lipinski definition) is 3. The summed E-state index contributed by atoms with van der Waals surface area (Å²) in [5.74, 6) is 0.784. The van der Waals surface area contributed by atoms with Crippen molar-refractivity contribution in [2.24, 2.45) is 17.6 Å². The second-order valence-corrected chi connectivity index (χ2v) is 5.74. The van der Waals surface area contributed by atoms with Gasteiger partial charge in [0.2, 0.25) is 0 Å². The number of nitrogens with two attached hydrogens (primary N) is 1. The Morgan fingerprint density at radius 1 is 1.20 bits per heavy atom. The molecule has 3 nitrogen and oxygen atoms in total. The van der Waals surface area contributed by atoms with E-state index >= 15 is 0 Å². The van der Waals surface area contributed by atoms with Crippen LogP contribution in [-0.4, -0.2) is 12.5 Å². The normalized spacial score (nSPS) is 17.6. The smallest absolute Gasteiger partial charge is 0.306 e. The first kappa shape index (κ1) is 15.0. The van der Waals surface area contributed by atoms with Crippen molar-refractivity contribution in [2.45, 2.75) is 45.1 Å². The van der Waals surface area contributed by atoms with Crippen LogP contribution in [0, 0.1) is 11.8 Å². The second-order valence-electron chi connectivity index (χ2n) is 5.74. The summed E-state index contributed by atoms with van der Waals surface area (Å²) in [6, 6.07) is 9.80.